The third-order valence-corrected chi connectivity index (χ3v) is 3.15. The second kappa shape index (κ2) is 6.56. The van der Waals surface area contributed by atoms with Gasteiger partial charge < -0.3 is 14.8 Å². The van der Waals surface area contributed by atoms with Gasteiger partial charge in [0.15, 0.2) is 0 Å². The number of hydrogen-bond donors (Lipinski definition) is 1. The van der Waals surface area contributed by atoms with Crippen LogP contribution in [0.15, 0.2) is 18.2 Å². The Bertz CT molecular complexity index is 537. The molecule has 2 rings (SSSR count). The molecule has 0 saturated carbocycles. The van der Waals surface area contributed by atoms with Crippen molar-refractivity contribution in [3.8, 4) is 5.75 Å². The van der Waals surface area contributed by atoms with Crippen molar-refractivity contribution in [3.63, 3.8) is 0 Å². The van der Waals surface area contributed by atoms with Gasteiger partial charge in [0.25, 0.3) is 5.91 Å². The molecular formula is C15H18F3NO3. The lowest BCUT2D eigenvalue weighted by atomic mass is 10.1. The molecule has 1 amide bonds. The number of hydrogen-bond acceptors (Lipinski definition) is 3. The number of rotatable bonds is 4. The molecule has 0 aromatic heterocycles. The van der Waals surface area contributed by atoms with E-state index in [4.69, 9.17) is 9.47 Å². The summed E-state index contributed by atoms with van der Waals surface area (Å²) in [5, 5.41) is 2.30. The number of anilines is 1. The average molecular weight is 317 g/mol. The van der Waals surface area contributed by atoms with E-state index in [0.29, 0.717) is 13.0 Å². The van der Waals surface area contributed by atoms with E-state index in [2.05, 4.69) is 5.32 Å². The first kappa shape index (κ1) is 16.6. The zero-order valence-corrected chi connectivity index (χ0v) is 12.4. The smallest absolute Gasteiger partial charge is 0.418 e. The fourth-order valence-corrected chi connectivity index (χ4v) is 2.21. The predicted octanol–water partition coefficient (Wildman–Crippen LogP) is 3.61. The fourth-order valence-electron chi connectivity index (χ4n) is 2.21. The lowest BCUT2D eigenvalue weighted by Gasteiger charge is -2.18. The van der Waals surface area contributed by atoms with Crippen molar-refractivity contribution >= 4 is 11.6 Å². The largest absolute Gasteiger partial charge is 0.491 e. The van der Waals surface area contributed by atoms with Gasteiger partial charge in [0, 0.05) is 6.61 Å². The van der Waals surface area contributed by atoms with Crippen molar-refractivity contribution in [3.05, 3.63) is 23.8 Å². The zero-order chi connectivity index (χ0) is 16.3. The third-order valence-electron chi connectivity index (χ3n) is 3.15. The molecule has 1 saturated heterocycles. The van der Waals surface area contributed by atoms with E-state index in [9.17, 15) is 18.0 Å². The summed E-state index contributed by atoms with van der Waals surface area (Å²) in [7, 11) is 0. The SMILES string of the molecule is CC(C)Oc1ccc(NC(=O)[C@@H]2CCCO2)c(C(F)(F)F)c1. The van der Waals surface area contributed by atoms with Gasteiger partial charge in [-0.15, -0.1) is 0 Å². The Kier molecular flexibility index (Phi) is 4.95. The number of benzene rings is 1. The highest BCUT2D eigenvalue weighted by Crippen LogP contribution is 2.37. The lowest BCUT2D eigenvalue weighted by molar-refractivity contribution is -0.137. The van der Waals surface area contributed by atoms with E-state index < -0.39 is 23.8 Å². The molecule has 1 aromatic carbocycles. The molecule has 0 unspecified atom stereocenters. The van der Waals surface area contributed by atoms with Crippen LogP contribution >= 0.6 is 0 Å². The standard InChI is InChI=1S/C15H18F3NO3/c1-9(2)22-10-5-6-12(11(8-10)15(16,17)18)19-14(20)13-4-3-7-21-13/h5-6,8-9,13H,3-4,7H2,1-2H3,(H,19,20)/t13-/m0/s1. The molecule has 4 nitrogen and oxygen atoms in total. The van der Waals surface area contributed by atoms with Crippen LogP contribution in [-0.2, 0) is 15.7 Å². The van der Waals surface area contributed by atoms with Gasteiger partial charge in [-0.3, -0.25) is 4.79 Å². The van der Waals surface area contributed by atoms with E-state index >= 15 is 0 Å². The van der Waals surface area contributed by atoms with Crippen LogP contribution in [0.5, 0.6) is 5.75 Å². The Morgan fingerprint density at radius 2 is 2.14 bits per heavy atom. The van der Waals surface area contributed by atoms with Crippen molar-refractivity contribution in [1.29, 1.82) is 0 Å². The summed E-state index contributed by atoms with van der Waals surface area (Å²) in [6, 6.07) is 3.50. The second-order valence-corrected chi connectivity index (χ2v) is 5.36. The van der Waals surface area contributed by atoms with E-state index in [0.717, 1.165) is 12.5 Å². The maximum atomic E-state index is 13.2. The van der Waals surface area contributed by atoms with Gasteiger partial charge >= 0.3 is 6.18 Å². The fraction of sp³-hybridized carbons (Fsp3) is 0.533. The molecule has 1 heterocycles. The molecule has 122 valence electrons. The molecule has 1 fully saturated rings. The Hall–Kier alpha value is -1.76. The lowest BCUT2D eigenvalue weighted by Crippen LogP contribution is -2.28. The molecule has 0 spiro atoms. The molecule has 0 radical (unpaired) electrons. The normalized spacial score (nSPS) is 18.5. The van der Waals surface area contributed by atoms with Crippen LogP contribution in [0.4, 0.5) is 18.9 Å². The molecular weight excluding hydrogens is 299 g/mol. The van der Waals surface area contributed by atoms with Crippen molar-refractivity contribution in [2.24, 2.45) is 0 Å². The third kappa shape index (κ3) is 4.13. The van der Waals surface area contributed by atoms with Gasteiger partial charge in [0.2, 0.25) is 0 Å². The van der Waals surface area contributed by atoms with Crippen LogP contribution in [0.3, 0.4) is 0 Å². The summed E-state index contributed by atoms with van der Waals surface area (Å²) in [4.78, 5) is 11.9. The first-order valence-corrected chi connectivity index (χ1v) is 7.07. The van der Waals surface area contributed by atoms with Gasteiger partial charge in [0.1, 0.15) is 11.9 Å². The first-order valence-electron chi connectivity index (χ1n) is 7.07. The molecule has 1 N–H and O–H groups in total. The second-order valence-electron chi connectivity index (χ2n) is 5.36. The topological polar surface area (TPSA) is 47.6 Å². The molecule has 1 aromatic rings. The highest BCUT2D eigenvalue weighted by molar-refractivity contribution is 5.95. The Morgan fingerprint density at radius 1 is 1.41 bits per heavy atom. The maximum absolute atomic E-state index is 13.2. The predicted molar refractivity (Wildman–Crippen MR) is 74.8 cm³/mol. The van der Waals surface area contributed by atoms with Gasteiger partial charge in [-0.25, -0.2) is 0 Å². The summed E-state index contributed by atoms with van der Waals surface area (Å²) in [5.74, 6) is -0.446. The quantitative estimate of drug-likeness (QED) is 0.923. The summed E-state index contributed by atoms with van der Waals surface area (Å²) >= 11 is 0. The molecule has 22 heavy (non-hydrogen) atoms. The number of ether oxygens (including phenoxy) is 2. The minimum absolute atomic E-state index is 0.109. The maximum Gasteiger partial charge on any atom is 0.418 e. The Morgan fingerprint density at radius 3 is 2.68 bits per heavy atom. The first-order chi connectivity index (χ1) is 10.3. The highest BCUT2D eigenvalue weighted by Gasteiger charge is 2.35. The number of halogens is 3. The average Bonchev–Trinajstić information content (AvgIpc) is 2.92. The number of nitrogens with one attached hydrogen (secondary N) is 1. The summed E-state index contributed by atoms with van der Waals surface area (Å²) in [5.41, 5.74) is -1.22. The van der Waals surface area contributed by atoms with Crippen molar-refractivity contribution in [2.75, 3.05) is 11.9 Å². The molecule has 0 aliphatic carbocycles. The Labute approximate surface area is 126 Å². The van der Waals surface area contributed by atoms with Gasteiger partial charge in [-0.05, 0) is 44.9 Å². The number of carbonyl (C=O) groups excluding carboxylic acids is 1. The molecule has 1 aliphatic rings. The number of carbonyl (C=O) groups is 1. The minimum Gasteiger partial charge on any atom is -0.491 e. The van der Waals surface area contributed by atoms with E-state index in [1.807, 2.05) is 0 Å². The molecule has 1 atom stereocenters. The summed E-state index contributed by atoms with van der Waals surface area (Å²) in [6.07, 6.45) is -4.27. The van der Waals surface area contributed by atoms with Crippen LogP contribution in [0.25, 0.3) is 0 Å². The highest BCUT2D eigenvalue weighted by atomic mass is 19.4. The monoisotopic (exact) mass is 317 g/mol. The number of alkyl halides is 3. The molecule has 1 aliphatic heterocycles. The Balaban J connectivity index is 2.23. The van der Waals surface area contributed by atoms with Crippen molar-refractivity contribution in [1.82, 2.24) is 0 Å². The van der Waals surface area contributed by atoms with Gasteiger partial charge in [0.05, 0.1) is 17.4 Å². The molecule has 7 heteroatoms. The van der Waals surface area contributed by atoms with Crippen LogP contribution in [-0.4, -0.2) is 24.7 Å². The van der Waals surface area contributed by atoms with Crippen molar-refractivity contribution in [2.45, 2.75) is 45.1 Å². The van der Waals surface area contributed by atoms with Gasteiger partial charge in [-0.2, -0.15) is 13.2 Å². The minimum atomic E-state index is -4.59. The van der Waals surface area contributed by atoms with Crippen LogP contribution in [0, 0.1) is 0 Å². The number of amides is 1. The zero-order valence-electron chi connectivity index (χ0n) is 12.4. The van der Waals surface area contributed by atoms with Crippen LogP contribution in [0.1, 0.15) is 32.3 Å². The van der Waals surface area contributed by atoms with E-state index in [1.165, 1.54) is 12.1 Å². The van der Waals surface area contributed by atoms with Crippen LogP contribution in [0.2, 0.25) is 0 Å². The van der Waals surface area contributed by atoms with E-state index in [-0.39, 0.29) is 17.5 Å². The van der Waals surface area contributed by atoms with Gasteiger partial charge in [-0.1, -0.05) is 0 Å². The summed E-state index contributed by atoms with van der Waals surface area (Å²) in [6.45, 7) is 3.89. The van der Waals surface area contributed by atoms with Crippen molar-refractivity contribution < 1.29 is 27.4 Å². The van der Waals surface area contributed by atoms with Crippen LogP contribution < -0.4 is 10.1 Å². The van der Waals surface area contributed by atoms with E-state index in [1.54, 1.807) is 13.8 Å². The summed E-state index contributed by atoms with van der Waals surface area (Å²) < 4.78 is 49.9. The molecule has 0 bridgehead atoms.